The molecule has 0 saturated heterocycles. The van der Waals surface area contributed by atoms with E-state index >= 15 is 0 Å². The molecule has 2 atom stereocenters. The number of benzene rings is 1. The van der Waals surface area contributed by atoms with Gasteiger partial charge in [-0.3, -0.25) is 0 Å². The first-order chi connectivity index (χ1) is 7.04. The minimum Gasteiger partial charge on any atom is -0.486 e. The fraction of sp³-hybridized carbons (Fsp3) is 0.333. The molecule has 1 N–H and O–H groups in total. The van der Waals surface area contributed by atoms with Crippen LogP contribution in [0.2, 0.25) is 0 Å². The summed E-state index contributed by atoms with van der Waals surface area (Å²) in [5.74, 6) is 0.695. The van der Waals surface area contributed by atoms with Gasteiger partial charge in [0.25, 0.3) is 0 Å². The predicted octanol–water partition coefficient (Wildman–Crippen LogP) is 3.46. The highest BCUT2D eigenvalue weighted by molar-refractivity contribution is 9.10. The molecule has 2 nitrogen and oxygen atoms in total. The van der Waals surface area contributed by atoms with Crippen molar-refractivity contribution in [2.24, 2.45) is 0 Å². The van der Waals surface area contributed by atoms with Crippen molar-refractivity contribution in [2.75, 3.05) is 0 Å². The van der Waals surface area contributed by atoms with Crippen LogP contribution in [0, 0.1) is 0 Å². The zero-order valence-electron chi connectivity index (χ0n) is 8.90. The summed E-state index contributed by atoms with van der Waals surface area (Å²) in [7, 11) is 0. The van der Waals surface area contributed by atoms with E-state index in [-0.39, 0.29) is 6.10 Å². The number of aliphatic hydroxyl groups is 1. The van der Waals surface area contributed by atoms with Gasteiger partial charge in [-0.15, -0.1) is 0 Å². The van der Waals surface area contributed by atoms with Crippen molar-refractivity contribution in [1.29, 1.82) is 0 Å². The molecule has 1 aromatic rings. The summed E-state index contributed by atoms with van der Waals surface area (Å²) < 4.78 is 6.54. The summed E-state index contributed by atoms with van der Waals surface area (Å²) in [5, 5.41) is 9.59. The van der Waals surface area contributed by atoms with E-state index in [1.54, 1.807) is 13.0 Å². The third-order valence-electron chi connectivity index (χ3n) is 2.07. The average molecular weight is 271 g/mol. The van der Waals surface area contributed by atoms with Gasteiger partial charge in [-0.2, -0.15) is 0 Å². The highest BCUT2D eigenvalue weighted by Gasteiger charge is 2.11. The maximum Gasteiger partial charge on any atom is 0.126 e. The minimum absolute atomic E-state index is 0.0660. The van der Waals surface area contributed by atoms with Gasteiger partial charge in [0.15, 0.2) is 0 Å². The molecule has 0 aliphatic carbocycles. The first kappa shape index (κ1) is 12.3. The molecule has 0 aliphatic rings. The van der Waals surface area contributed by atoms with Gasteiger partial charge in [-0.1, -0.05) is 28.6 Å². The van der Waals surface area contributed by atoms with Crippen LogP contribution in [0.1, 0.15) is 25.5 Å². The number of halogens is 1. The lowest BCUT2D eigenvalue weighted by atomic mass is 10.1. The van der Waals surface area contributed by atoms with Crippen LogP contribution in [0.25, 0.3) is 0 Å². The maximum absolute atomic E-state index is 9.59. The Morgan fingerprint density at radius 1 is 1.47 bits per heavy atom. The first-order valence-electron chi connectivity index (χ1n) is 4.81. The molecule has 0 aromatic heterocycles. The van der Waals surface area contributed by atoms with E-state index in [0.717, 1.165) is 10.0 Å². The van der Waals surface area contributed by atoms with Crippen molar-refractivity contribution < 1.29 is 9.84 Å². The Morgan fingerprint density at radius 2 is 2.13 bits per heavy atom. The monoisotopic (exact) mass is 270 g/mol. The van der Waals surface area contributed by atoms with Gasteiger partial charge in [0, 0.05) is 10.0 Å². The molecule has 0 amide bonds. The van der Waals surface area contributed by atoms with Gasteiger partial charge in [0.1, 0.15) is 11.9 Å². The van der Waals surface area contributed by atoms with Crippen LogP contribution < -0.4 is 4.74 Å². The zero-order valence-corrected chi connectivity index (χ0v) is 10.5. The van der Waals surface area contributed by atoms with Gasteiger partial charge in [-0.05, 0) is 32.0 Å². The Morgan fingerprint density at radius 3 is 2.67 bits per heavy atom. The van der Waals surface area contributed by atoms with E-state index in [4.69, 9.17) is 4.74 Å². The largest absolute Gasteiger partial charge is 0.486 e. The molecule has 0 spiro atoms. The van der Waals surface area contributed by atoms with Crippen molar-refractivity contribution in [2.45, 2.75) is 26.1 Å². The van der Waals surface area contributed by atoms with E-state index in [9.17, 15) is 5.11 Å². The summed E-state index contributed by atoms with van der Waals surface area (Å²) in [6.07, 6.45) is 1.10. The molecule has 0 radical (unpaired) electrons. The lowest BCUT2D eigenvalue weighted by Gasteiger charge is -2.16. The van der Waals surface area contributed by atoms with Crippen LogP contribution in [0.15, 0.2) is 35.3 Å². The van der Waals surface area contributed by atoms with E-state index < -0.39 is 6.10 Å². The summed E-state index contributed by atoms with van der Waals surface area (Å²) in [6, 6.07) is 5.58. The van der Waals surface area contributed by atoms with Crippen LogP contribution in [-0.2, 0) is 0 Å². The number of hydrogen-bond donors (Lipinski definition) is 1. The van der Waals surface area contributed by atoms with Crippen molar-refractivity contribution >= 4 is 15.9 Å². The smallest absolute Gasteiger partial charge is 0.126 e. The quantitative estimate of drug-likeness (QED) is 0.850. The van der Waals surface area contributed by atoms with Crippen LogP contribution >= 0.6 is 15.9 Å². The molecule has 1 rings (SSSR count). The standard InChI is InChI=1S/C12H15BrO2/c1-4-8(2)15-12-6-5-10(13)7-11(12)9(3)14/h4-9,14H,1H2,2-3H3. The molecule has 0 aliphatic heterocycles. The third-order valence-corrected chi connectivity index (χ3v) is 2.56. The van der Waals surface area contributed by atoms with Gasteiger partial charge < -0.3 is 9.84 Å². The Labute approximate surface area is 98.7 Å². The second kappa shape index (κ2) is 5.33. The van der Waals surface area contributed by atoms with E-state index in [1.165, 1.54) is 0 Å². The second-order valence-electron chi connectivity index (χ2n) is 3.42. The number of rotatable bonds is 4. The summed E-state index contributed by atoms with van der Waals surface area (Å²) >= 11 is 3.36. The third kappa shape index (κ3) is 3.36. The fourth-order valence-corrected chi connectivity index (χ4v) is 1.58. The second-order valence-corrected chi connectivity index (χ2v) is 4.33. The first-order valence-corrected chi connectivity index (χ1v) is 5.60. The van der Waals surface area contributed by atoms with Crippen molar-refractivity contribution in [3.8, 4) is 5.75 Å². The lowest BCUT2D eigenvalue weighted by Crippen LogP contribution is -2.09. The summed E-state index contributed by atoms with van der Waals surface area (Å²) in [4.78, 5) is 0. The topological polar surface area (TPSA) is 29.5 Å². The lowest BCUT2D eigenvalue weighted by molar-refractivity contribution is 0.187. The molecule has 0 bridgehead atoms. The number of hydrogen-bond acceptors (Lipinski definition) is 2. The molecule has 15 heavy (non-hydrogen) atoms. The van der Waals surface area contributed by atoms with Gasteiger partial charge >= 0.3 is 0 Å². The minimum atomic E-state index is -0.547. The number of ether oxygens (including phenoxy) is 1. The molecule has 0 saturated carbocycles. The molecule has 3 heteroatoms. The van der Waals surface area contributed by atoms with Crippen molar-refractivity contribution in [3.05, 3.63) is 40.9 Å². The molecule has 2 unspecified atom stereocenters. The van der Waals surface area contributed by atoms with Gasteiger partial charge in [0.2, 0.25) is 0 Å². The zero-order chi connectivity index (χ0) is 11.4. The predicted molar refractivity (Wildman–Crippen MR) is 65.1 cm³/mol. The molecular weight excluding hydrogens is 256 g/mol. The molecule has 0 fully saturated rings. The fourth-order valence-electron chi connectivity index (χ4n) is 1.20. The molecular formula is C12H15BrO2. The van der Waals surface area contributed by atoms with Crippen molar-refractivity contribution in [3.63, 3.8) is 0 Å². The highest BCUT2D eigenvalue weighted by Crippen LogP contribution is 2.29. The van der Waals surface area contributed by atoms with E-state index in [0.29, 0.717) is 5.75 Å². The Kier molecular flexibility index (Phi) is 4.36. The van der Waals surface area contributed by atoms with Crippen LogP contribution in [0.4, 0.5) is 0 Å². The normalized spacial score (nSPS) is 14.4. The van der Waals surface area contributed by atoms with Crippen LogP contribution in [-0.4, -0.2) is 11.2 Å². The summed E-state index contributed by atoms with van der Waals surface area (Å²) in [5.41, 5.74) is 0.776. The Hall–Kier alpha value is -0.800. The highest BCUT2D eigenvalue weighted by atomic mass is 79.9. The average Bonchev–Trinajstić information content (AvgIpc) is 2.20. The Balaban J connectivity index is 3.00. The molecule has 82 valence electrons. The number of aliphatic hydroxyl groups excluding tert-OH is 1. The van der Waals surface area contributed by atoms with Gasteiger partial charge in [-0.25, -0.2) is 0 Å². The van der Waals surface area contributed by atoms with Crippen LogP contribution in [0.5, 0.6) is 5.75 Å². The van der Waals surface area contributed by atoms with Crippen molar-refractivity contribution in [1.82, 2.24) is 0 Å². The maximum atomic E-state index is 9.59. The van der Waals surface area contributed by atoms with Crippen LogP contribution in [0.3, 0.4) is 0 Å². The summed E-state index contributed by atoms with van der Waals surface area (Å²) in [6.45, 7) is 7.27. The van der Waals surface area contributed by atoms with E-state index in [2.05, 4.69) is 22.5 Å². The van der Waals surface area contributed by atoms with Gasteiger partial charge in [0.05, 0.1) is 6.10 Å². The molecule has 1 aromatic carbocycles. The molecule has 0 heterocycles. The SMILES string of the molecule is C=CC(C)Oc1ccc(Br)cc1C(C)O. The van der Waals surface area contributed by atoms with E-state index in [1.807, 2.05) is 25.1 Å². The Bertz CT molecular complexity index is 347.